The third kappa shape index (κ3) is 2.50. The fourth-order valence-corrected chi connectivity index (χ4v) is 2.19. The molecule has 0 saturated carbocycles. The second-order valence-electron chi connectivity index (χ2n) is 4.28. The fraction of sp³-hybridized carbons (Fsp3) is 0.385. The molecule has 1 saturated heterocycles. The third-order valence-electron chi connectivity index (χ3n) is 3.01. The molecule has 0 spiro atoms. The lowest BCUT2D eigenvalue weighted by atomic mass is 10.1. The molecule has 4 heteroatoms. The molecule has 0 aliphatic carbocycles. The molecule has 0 unspecified atom stereocenters. The van der Waals surface area contributed by atoms with E-state index < -0.39 is 0 Å². The quantitative estimate of drug-likeness (QED) is 0.876. The van der Waals surface area contributed by atoms with Crippen LogP contribution in [-0.4, -0.2) is 26.2 Å². The van der Waals surface area contributed by atoms with Crippen LogP contribution in [-0.2, 0) is 0 Å². The molecule has 0 bridgehead atoms. The Morgan fingerprint density at radius 3 is 3.00 bits per heavy atom. The number of halogens is 1. The minimum atomic E-state index is 0.423. The lowest BCUT2D eigenvalue weighted by Gasteiger charge is -2.37. The summed E-state index contributed by atoms with van der Waals surface area (Å²) in [6, 6.07) is 6.27. The molecule has 1 N–H and O–H groups in total. The van der Waals surface area contributed by atoms with Crippen LogP contribution in [0.3, 0.4) is 0 Å². The summed E-state index contributed by atoms with van der Waals surface area (Å²) in [5.74, 6) is 0.709. The molecule has 0 radical (unpaired) electrons. The molecule has 2 rings (SSSR count). The summed E-state index contributed by atoms with van der Waals surface area (Å²) in [4.78, 5) is 2.29. The Labute approximate surface area is 107 Å². The number of methoxy groups -OCH3 is 1. The van der Waals surface area contributed by atoms with E-state index in [2.05, 4.69) is 23.7 Å². The van der Waals surface area contributed by atoms with E-state index in [9.17, 15) is 0 Å². The highest BCUT2D eigenvalue weighted by atomic mass is 35.5. The van der Waals surface area contributed by atoms with Gasteiger partial charge in [-0.2, -0.15) is 0 Å². The van der Waals surface area contributed by atoms with Crippen molar-refractivity contribution in [1.82, 2.24) is 5.32 Å². The van der Waals surface area contributed by atoms with Crippen LogP contribution in [0.4, 0.5) is 5.69 Å². The van der Waals surface area contributed by atoms with Gasteiger partial charge in [-0.05, 0) is 19.1 Å². The topological polar surface area (TPSA) is 24.5 Å². The van der Waals surface area contributed by atoms with Gasteiger partial charge in [0.05, 0.1) is 18.7 Å². The minimum Gasteiger partial charge on any atom is -0.495 e. The lowest BCUT2D eigenvalue weighted by Crippen LogP contribution is -2.48. The zero-order valence-corrected chi connectivity index (χ0v) is 10.9. The molecular weight excluding hydrogens is 236 g/mol. The Balaban J connectivity index is 2.29. The summed E-state index contributed by atoms with van der Waals surface area (Å²) >= 11 is 6.03. The van der Waals surface area contributed by atoms with Gasteiger partial charge in [0.1, 0.15) is 5.75 Å². The molecule has 92 valence electrons. The molecule has 1 aliphatic heterocycles. The second-order valence-corrected chi connectivity index (χ2v) is 4.69. The average molecular weight is 253 g/mol. The van der Waals surface area contributed by atoms with E-state index in [1.165, 1.54) is 0 Å². The van der Waals surface area contributed by atoms with Gasteiger partial charge in [0.2, 0.25) is 0 Å². The number of benzene rings is 1. The first-order chi connectivity index (χ1) is 8.11. The first-order valence-corrected chi connectivity index (χ1v) is 6.01. The van der Waals surface area contributed by atoms with Gasteiger partial charge in [0.25, 0.3) is 0 Å². The van der Waals surface area contributed by atoms with E-state index in [-0.39, 0.29) is 0 Å². The Hall–Kier alpha value is -1.35. The van der Waals surface area contributed by atoms with E-state index in [1.807, 2.05) is 18.2 Å². The third-order valence-corrected chi connectivity index (χ3v) is 3.32. The van der Waals surface area contributed by atoms with Gasteiger partial charge >= 0.3 is 0 Å². The van der Waals surface area contributed by atoms with Gasteiger partial charge < -0.3 is 15.0 Å². The van der Waals surface area contributed by atoms with Crippen LogP contribution in [0.2, 0.25) is 5.02 Å². The molecular formula is C13H17ClN2O. The van der Waals surface area contributed by atoms with Crippen LogP contribution in [0.1, 0.15) is 6.92 Å². The van der Waals surface area contributed by atoms with Crippen LogP contribution in [0.25, 0.3) is 0 Å². The Morgan fingerprint density at radius 1 is 1.53 bits per heavy atom. The number of rotatable bonds is 2. The molecule has 1 aromatic carbocycles. The van der Waals surface area contributed by atoms with E-state index in [4.69, 9.17) is 16.3 Å². The summed E-state index contributed by atoms with van der Waals surface area (Å²) in [6.07, 6.45) is 0. The molecule has 1 aliphatic rings. The maximum Gasteiger partial charge on any atom is 0.139 e. The predicted octanol–water partition coefficient (Wildman–Crippen LogP) is 2.66. The summed E-state index contributed by atoms with van der Waals surface area (Å²) in [5, 5.41) is 3.91. The number of nitrogens with one attached hydrogen (secondary N) is 1. The van der Waals surface area contributed by atoms with Crippen molar-refractivity contribution in [3.63, 3.8) is 0 Å². The first-order valence-electron chi connectivity index (χ1n) is 5.63. The molecule has 3 nitrogen and oxygen atoms in total. The second kappa shape index (κ2) is 4.88. The smallest absolute Gasteiger partial charge is 0.139 e. The van der Waals surface area contributed by atoms with Crippen molar-refractivity contribution in [3.8, 4) is 5.75 Å². The van der Waals surface area contributed by atoms with Crippen molar-refractivity contribution < 1.29 is 4.74 Å². The van der Waals surface area contributed by atoms with Crippen molar-refractivity contribution in [2.24, 2.45) is 0 Å². The normalized spacial score (nSPS) is 20.1. The van der Waals surface area contributed by atoms with Crippen molar-refractivity contribution in [2.45, 2.75) is 13.0 Å². The maximum absolute atomic E-state index is 6.03. The van der Waals surface area contributed by atoms with Crippen LogP contribution >= 0.6 is 11.6 Å². The number of nitrogens with zero attached hydrogens (tertiary/aromatic N) is 1. The van der Waals surface area contributed by atoms with Crippen molar-refractivity contribution in [1.29, 1.82) is 0 Å². The monoisotopic (exact) mass is 252 g/mol. The highest BCUT2D eigenvalue weighted by Crippen LogP contribution is 2.30. The van der Waals surface area contributed by atoms with Gasteiger partial charge in [0.15, 0.2) is 0 Å². The van der Waals surface area contributed by atoms with Crippen molar-refractivity contribution >= 4 is 17.3 Å². The number of hydrogen-bond acceptors (Lipinski definition) is 3. The van der Waals surface area contributed by atoms with Gasteiger partial charge in [-0.15, -0.1) is 0 Å². The molecule has 0 aromatic heterocycles. The zero-order chi connectivity index (χ0) is 12.4. The summed E-state index contributed by atoms with van der Waals surface area (Å²) in [7, 11) is 1.63. The number of ether oxygens (including phenoxy) is 1. The Bertz CT molecular complexity index is 433. The van der Waals surface area contributed by atoms with E-state index in [0.717, 1.165) is 24.5 Å². The maximum atomic E-state index is 6.03. The van der Waals surface area contributed by atoms with Crippen LogP contribution in [0.15, 0.2) is 30.5 Å². The van der Waals surface area contributed by atoms with Crippen molar-refractivity contribution in [2.75, 3.05) is 25.1 Å². The van der Waals surface area contributed by atoms with Gasteiger partial charge in [-0.25, -0.2) is 0 Å². The molecule has 1 atom stereocenters. The average Bonchev–Trinajstić information content (AvgIpc) is 2.33. The zero-order valence-electron chi connectivity index (χ0n) is 10.2. The number of hydrogen-bond donors (Lipinski definition) is 1. The van der Waals surface area contributed by atoms with E-state index in [1.54, 1.807) is 7.11 Å². The van der Waals surface area contributed by atoms with E-state index in [0.29, 0.717) is 16.8 Å². The molecule has 1 heterocycles. The standard InChI is InChI=1S/C13H17ClN2O/c1-9-8-16(10(2)7-15-9)11-4-5-12(14)13(6-11)17-3/h4-6,10,15H,1,7-8H2,2-3H3/t10-/m0/s1. The molecule has 1 aromatic rings. The molecule has 1 fully saturated rings. The minimum absolute atomic E-state index is 0.423. The van der Waals surface area contributed by atoms with Crippen LogP contribution in [0.5, 0.6) is 5.75 Å². The largest absolute Gasteiger partial charge is 0.495 e. The summed E-state index contributed by atoms with van der Waals surface area (Å²) in [5.41, 5.74) is 2.15. The number of anilines is 1. The Morgan fingerprint density at radius 2 is 2.29 bits per heavy atom. The van der Waals surface area contributed by atoms with Crippen LogP contribution < -0.4 is 15.0 Å². The van der Waals surface area contributed by atoms with Gasteiger partial charge in [-0.3, -0.25) is 0 Å². The Kier molecular flexibility index (Phi) is 3.48. The lowest BCUT2D eigenvalue weighted by molar-refractivity contribution is 0.414. The summed E-state index contributed by atoms with van der Waals surface area (Å²) in [6.45, 7) is 7.87. The predicted molar refractivity (Wildman–Crippen MR) is 72.0 cm³/mol. The SMILES string of the molecule is C=C1CN(c2ccc(Cl)c(OC)c2)[C@@H](C)CN1. The number of piperazine rings is 1. The van der Waals surface area contributed by atoms with Gasteiger partial charge in [-0.1, -0.05) is 18.2 Å². The fourth-order valence-electron chi connectivity index (χ4n) is 1.99. The summed E-state index contributed by atoms with van der Waals surface area (Å²) < 4.78 is 5.24. The molecule has 17 heavy (non-hydrogen) atoms. The highest BCUT2D eigenvalue weighted by molar-refractivity contribution is 6.32. The molecule has 0 amide bonds. The van der Waals surface area contributed by atoms with Crippen molar-refractivity contribution in [3.05, 3.63) is 35.5 Å². The van der Waals surface area contributed by atoms with Crippen LogP contribution in [0, 0.1) is 0 Å². The van der Waals surface area contributed by atoms with E-state index >= 15 is 0 Å². The first kappa shape index (κ1) is 12.1. The highest BCUT2D eigenvalue weighted by Gasteiger charge is 2.20. The van der Waals surface area contributed by atoms with Gasteiger partial charge in [0, 0.05) is 30.0 Å².